The fourth-order valence-electron chi connectivity index (χ4n) is 0.721. The summed E-state index contributed by atoms with van der Waals surface area (Å²) in [5.74, 6) is -0.303. The van der Waals surface area contributed by atoms with Crippen molar-refractivity contribution in [2.24, 2.45) is 5.92 Å². The molecule has 0 heterocycles. The number of hydrogen-bond donors (Lipinski definition) is 0. The minimum atomic E-state index is -0.198. The van der Waals surface area contributed by atoms with Crippen molar-refractivity contribution in [3.8, 4) is 0 Å². The van der Waals surface area contributed by atoms with E-state index in [1.807, 2.05) is 6.92 Å². The first-order chi connectivity index (χ1) is 5.72. The molecule has 0 radical (unpaired) electrons. The summed E-state index contributed by atoms with van der Waals surface area (Å²) in [6.07, 6.45) is 0.663. The molecule has 4 heteroatoms. The SMILES string of the molecule is COCOCC[C@H](C)C(=O)OC. The number of carbonyl (C=O) groups is 1. The molecule has 0 aromatic rings. The largest absolute Gasteiger partial charge is 0.469 e. The van der Waals surface area contributed by atoms with Gasteiger partial charge in [0.25, 0.3) is 0 Å². The molecule has 0 aromatic heterocycles. The predicted molar refractivity (Wildman–Crippen MR) is 43.6 cm³/mol. The van der Waals surface area contributed by atoms with Gasteiger partial charge in [-0.2, -0.15) is 0 Å². The molecule has 0 aliphatic heterocycles. The highest BCUT2D eigenvalue weighted by atomic mass is 16.7. The molecule has 0 saturated heterocycles. The van der Waals surface area contributed by atoms with Crippen molar-refractivity contribution in [3.05, 3.63) is 0 Å². The maximum atomic E-state index is 10.9. The standard InChI is InChI=1S/C8H16O4/c1-7(8(9)11-3)4-5-12-6-10-2/h7H,4-6H2,1-3H3/t7-/m0/s1. The molecule has 0 spiro atoms. The normalized spacial score (nSPS) is 12.6. The van der Waals surface area contributed by atoms with Crippen molar-refractivity contribution in [1.82, 2.24) is 0 Å². The highest BCUT2D eigenvalue weighted by Gasteiger charge is 2.11. The van der Waals surface area contributed by atoms with E-state index >= 15 is 0 Å². The van der Waals surface area contributed by atoms with E-state index in [9.17, 15) is 4.79 Å². The van der Waals surface area contributed by atoms with Crippen LogP contribution in [0.1, 0.15) is 13.3 Å². The van der Waals surface area contributed by atoms with Gasteiger partial charge in [-0.3, -0.25) is 4.79 Å². The molecule has 12 heavy (non-hydrogen) atoms. The Hall–Kier alpha value is -0.610. The molecule has 1 atom stereocenters. The second-order valence-corrected chi connectivity index (χ2v) is 2.53. The number of hydrogen-bond acceptors (Lipinski definition) is 4. The second kappa shape index (κ2) is 7.06. The van der Waals surface area contributed by atoms with Crippen LogP contribution < -0.4 is 0 Å². The molecule has 0 N–H and O–H groups in total. The fraction of sp³-hybridized carbons (Fsp3) is 0.875. The molecule has 4 nitrogen and oxygen atoms in total. The Balaban J connectivity index is 3.31. The molecule has 0 aliphatic carbocycles. The lowest BCUT2D eigenvalue weighted by atomic mass is 10.1. The molecule has 0 amide bonds. The van der Waals surface area contributed by atoms with Crippen molar-refractivity contribution < 1.29 is 19.0 Å². The molecule has 0 fully saturated rings. The Morgan fingerprint density at radius 1 is 1.42 bits per heavy atom. The van der Waals surface area contributed by atoms with E-state index in [2.05, 4.69) is 9.47 Å². The summed E-state index contributed by atoms with van der Waals surface area (Å²) in [6.45, 7) is 2.60. The number of carbonyl (C=O) groups excluding carboxylic acids is 1. The average Bonchev–Trinajstić information content (AvgIpc) is 2.10. The zero-order valence-electron chi connectivity index (χ0n) is 7.83. The average molecular weight is 176 g/mol. The fourth-order valence-corrected chi connectivity index (χ4v) is 0.721. The lowest BCUT2D eigenvalue weighted by molar-refractivity contribution is -0.145. The summed E-state index contributed by atoms with van der Waals surface area (Å²) >= 11 is 0. The van der Waals surface area contributed by atoms with Crippen LogP contribution in [0.25, 0.3) is 0 Å². The Kier molecular flexibility index (Phi) is 6.70. The number of ether oxygens (including phenoxy) is 3. The van der Waals surface area contributed by atoms with Gasteiger partial charge in [-0.15, -0.1) is 0 Å². The summed E-state index contributed by atoms with van der Waals surface area (Å²) in [5, 5.41) is 0. The maximum absolute atomic E-state index is 10.9. The maximum Gasteiger partial charge on any atom is 0.308 e. The van der Waals surface area contributed by atoms with Gasteiger partial charge >= 0.3 is 5.97 Å². The minimum Gasteiger partial charge on any atom is -0.469 e. The smallest absolute Gasteiger partial charge is 0.308 e. The van der Waals surface area contributed by atoms with E-state index in [0.717, 1.165) is 0 Å². The van der Waals surface area contributed by atoms with Crippen LogP contribution in [0.3, 0.4) is 0 Å². The van der Waals surface area contributed by atoms with Crippen LogP contribution >= 0.6 is 0 Å². The molecule has 0 aliphatic rings. The van der Waals surface area contributed by atoms with Crippen LogP contribution in [0.5, 0.6) is 0 Å². The number of methoxy groups -OCH3 is 2. The Morgan fingerprint density at radius 3 is 2.58 bits per heavy atom. The summed E-state index contributed by atoms with van der Waals surface area (Å²) in [5.41, 5.74) is 0. The molecule has 0 saturated carbocycles. The first-order valence-electron chi connectivity index (χ1n) is 3.87. The highest BCUT2D eigenvalue weighted by molar-refractivity contribution is 5.71. The molecule has 0 unspecified atom stereocenters. The topological polar surface area (TPSA) is 44.8 Å². The van der Waals surface area contributed by atoms with Gasteiger partial charge in [-0.1, -0.05) is 6.92 Å². The van der Waals surface area contributed by atoms with Crippen LogP contribution in [-0.2, 0) is 19.0 Å². The number of rotatable bonds is 6. The van der Waals surface area contributed by atoms with E-state index in [4.69, 9.17) is 4.74 Å². The van der Waals surface area contributed by atoms with Gasteiger partial charge in [-0.25, -0.2) is 0 Å². The predicted octanol–water partition coefficient (Wildman–Crippen LogP) is 0.806. The lowest BCUT2D eigenvalue weighted by Gasteiger charge is -2.08. The van der Waals surface area contributed by atoms with Crippen molar-refractivity contribution in [1.29, 1.82) is 0 Å². The summed E-state index contributed by atoms with van der Waals surface area (Å²) in [4.78, 5) is 10.9. The first kappa shape index (κ1) is 11.4. The molecule has 0 bridgehead atoms. The van der Waals surface area contributed by atoms with Gasteiger partial charge in [0.15, 0.2) is 0 Å². The third-order valence-electron chi connectivity index (χ3n) is 1.50. The first-order valence-corrected chi connectivity index (χ1v) is 3.87. The second-order valence-electron chi connectivity index (χ2n) is 2.53. The van der Waals surface area contributed by atoms with E-state index in [1.54, 1.807) is 7.11 Å². The highest BCUT2D eigenvalue weighted by Crippen LogP contribution is 2.03. The van der Waals surface area contributed by atoms with Crippen molar-refractivity contribution >= 4 is 5.97 Å². The van der Waals surface area contributed by atoms with Gasteiger partial charge in [0.2, 0.25) is 0 Å². The van der Waals surface area contributed by atoms with E-state index in [-0.39, 0.29) is 18.7 Å². The van der Waals surface area contributed by atoms with E-state index < -0.39 is 0 Å². The number of esters is 1. The van der Waals surface area contributed by atoms with Crippen molar-refractivity contribution in [3.63, 3.8) is 0 Å². The van der Waals surface area contributed by atoms with Gasteiger partial charge < -0.3 is 14.2 Å². The van der Waals surface area contributed by atoms with Crippen LogP contribution in [0.2, 0.25) is 0 Å². The Morgan fingerprint density at radius 2 is 2.08 bits per heavy atom. The zero-order chi connectivity index (χ0) is 9.40. The van der Waals surface area contributed by atoms with Crippen molar-refractivity contribution in [2.45, 2.75) is 13.3 Å². The molecular weight excluding hydrogens is 160 g/mol. The summed E-state index contributed by atoms with van der Waals surface area (Å²) in [6, 6.07) is 0. The molecule has 0 rings (SSSR count). The minimum absolute atomic E-state index is 0.105. The van der Waals surface area contributed by atoms with Crippen LogP contribution in [-0.4, -0.2) is 33.6 Å². The van der Waals surface area contributed by atoms with E-state index in [1.165, 1.54) is 7.11 Å². The van der Waals surface area contributed by atoms with Crippen LogP contribution in [0.15, 0.2) is 0 Å². The lowest BCUT2D eigenvalue weighted by Crippen LogP contribution is -2.15. The van der Waals surface area contributed by atoms with E-state index in [0.29, 0.717) is 13.0 Å². The Labute approximate surface area is 72.8 Å². The third kappa shape index (κ3) is 5.09. The van der Waals surface area contributed by atoms with Gasteiger partial charge in [-0.05, 0) is 6.42 Å². The quantitative estimate of drug-likeness (QED) is 0.341. The molecular formula is C8H16O4. The molecule has 0 aromatic carbocycles. The van der Waals surface area contributed by atoms with Gasteiger partial charge in [0, 0.05) is 7.11 Å². The Bertz CT molecular complexity index is 124. The zero-order valence-corrected chi connectivity index (χ0v) is 7.83. The third-order valence-corrected chi connectivity index (χ3v) is 1.50. The summed E-state index contributed by atoms with van der Waals surface area (Å²) < 4.78 is 14.2. The van der Waals surface area contributed by atoms with Crippen LogP contribution in [0, 0.1) is 5.92 Å². The van der Waals surface area contributed by atoms with Crippen molar-refractivity contribution in [2.75, 3.05) is 27.6 Å². The summed E-state index contributed by atoms with van der Waals surface area (Å²) in [7, 11) is 2.94. The molecule has 72 valence electrons. The van der Waals surface area contributed by atoms with Gasteiger partial charge in [0.1, 0.15) is 6.79 Å². The monoisotopic (exact) mass is 176 g/mol. The van der Waals surface area contributed by atoms with Gasteiger partial charge in [0.05, 0.1) is 19.6 Å². The van der Waals surface area contributed by atoms with Crippen LogP contribution in [0.4, 0.5) is 0 Å².